The Bertz CT molecular complexity index is 193. The van der Waals surface area contributed by atoms with E-state index in [1.54, 1.807) is 0 Å². The lowest BCUT2D eigenvalue weighted by molar-refractivity contribution is -0.149. The minimum atomic E-state index is -0.902. The Labute approximate surface area is 91.8 Å². The van der Waals surface area contributed by atoms with Crippen LogP contribution in [0.15, 0.2) is 0 Å². The van der Waals surface area contributed by atoms with Crippen molar-refractivity contribution < 1.29 is 19.4 Å². The number of carboxylic acids is 1. The molecule has 4 nitrogen and oxygen atoms in total. The van der Waals surface area contributed by atoms with Gasteiger partial charge in [-0.1, -0.05) is 22.4 Å². The Balaban J connectivity index is 3.78. The summed E-state index contributed by atoms with van der Waals surface area (Å²) in [5.41, 5.74) is 0. The maximum atomic E-state index is 10.7. The molecule has 0 saturated carbocycles. The Morgan fingerprint density at radius 1 is 1.43 bits per heavy atom. The number of halogens is 1. The van der Waals surface area contributed by atoms with Gasteiger partial charge in [0.2, 0.25) is 0 Å². The number of carbonyl (C=O) groups is 2. The van der Waals surface area contributed by atoms with Gasteiger partial charge < -0.3 is 9.84 Å². The molecule has 0 radical (unpaired) electrons. The highest BCUT2D eigenvalue weighted by Gasteiger charge is 2.18. The summed E-state index contributed by atoms with van der Waals surface area (Å²) < 4.78 is 4.66. The second-order valence-corrected chi connectivity index (χ2v) is 3.82. The van der Waals surface area contributed by atoms with Crippen molar-refractivity contribution in [2.24, 2.45) is 5.92 Å². The first-order valence-electron chi connectivity index (χ1n) is 4.50. The van der Waals surface area contributed by atoms with Gasteiger partial charge >= 0.3 is 11.9 Å². The Morgan fingerprint density at radius 2 is 2.07 bits per heavy atom. The van der Waals surface area contributed by atoms with Crippen LogP contribution in [-0.4, -0.2) is 29.0 Å². The number of hydrogen-bond acceptors (Lipinski definition) is 3. The molecule has 0 fully saturated rings. The minimum Gasteiger partial charge on any atom is -0.481 e. The quantitative estimate of drug-likeness (QED) is 0.434. The highest BCUT2D eigenvalue weighted by atomic mass is 79.9. The normalized spacial score (nSPS) is 12.1. The van der Waals surface area contributed by atoms with Gasteiger partial charge in [-0.3, -0.25) is 9.59 Å². The standard InChI is InChI=1S/C9H15BrO4/c1-7(11)14-6-8(9(12)13)4-2-3-5-10/h8H,2-6H2,1H3,(H,12,13). The van der Waals surface area contributed by atoms with E-state index in [-0.39, 0.29) is 6.61 Å². The molecule has 1 atom stereocenters. The first-order chi connectivity index (χ1) is 6.57. The smallest absolute Gasteiger partial charge is 0.309 e. The van der Waals surface area contributed by atoms with Crippen LogP contribution in [0, 0.1) is 5.92 Å². The van der Waals surface area contributed by atoms with Crippen molar-refractivity contribution in [1.82, 2.24) is 0 Å². The number of unbranched alkanes of at least 4 members (excludes halogenated alkanes) is 1. The van der Waals surface area contributed by atoms with E-state index in [1.165, 1.54) is 6.92 Å². The molecule has 0 amide bonds. The van der Waals surface area contributed by atoms with E-state index in [9.17, 15) is 9.59 Å². The monoisotopic (exact) mass is 266 g/mol. The molecule has 1 N–H and O–H groups in total. The maximum Gasteiger partial charge on any atom is 0.309 e. The second-order valence-electron chi connectivity index (χ2n) is 3.02. The second kappa shape index (κ2) is 7.79. The summed E-state index contributed by atoms with van der Waals surface area (Å²) in [4.78, 5) is 21.2. The summed E-state index contributed by atoms with van der Waals surface area (Å²) in [6.45, 7) is 1.25. The zero-order valence-electron chi connectivity index (χ0n) is 8.16. The Hall–Kier alpha value is -0.580. The van der Waals surface area contributed by atoms with Crippen molar-refractivity contribution in [2.75, 3.05) is 11.9 Å². The van der Waals surface area contributed by atoms with Crippen LogP contribution in [0.3, 0.4) is 0 Å². The van der Waals surface area contributed by atoms with Gasteiger partial charge in [0, 0.05) is 12.3 Å². The van der Waals surface area contributed by atoms with E-state index in [0.29, 0.717) is 6.42 Å². The Kier molecular flexibility index (Phi) is 7.47. The van der Waals surface area contributed by atoms with Crippen LogP contribution in [-0.2, 0) is 14.3 Å². The molecule has 0 aliphatic heterocycles. The van der Waals surface area contributed by atoms with Gasteiger partial charge in [0.05, 0.1) is 5.92 Å². The van der Waals surface area contributed by atoms with E-state index in [4.69, 9.17) is 5.11 Å². The van der Waals surface area contributed by atoms with Crippen LogP contribution in [0.1, 0.15) is 26.2 Å². The molecule has 1 unspecified atom stereocenters. The summed E-state index contributed by atoms with van der Waals surface area (Å²) in [7, 11) is 0. The summed E-state index contributed by atoms with van der Waals surface area (Å²) in [6, 6.07) is 0. The van der Waals surface area contributed by atoms with Gasteiger partial charge in [0.15, 0.2) is 0 Å². The number of hydrogen-bond donors (Lipinski definition) is 1. The fourth-order valence-electron chi connectivity index (χ4n) is 0.981. The molecular weight excluding hydrogens is 252 g/mol. The van der Waals surface area contributed by atoms with E-state index in [0.717, 1.165) is 18.2 Å². The molecular formula is C9H15BrO4. The van der Waals surface area contributed by atoms with Gasteiger partial charge in [0.1, 0.15) is 6.61 Å². The first-order valence-corrected chi connectivity index (χ1v) is 5.62. The van der Waals surface area contributed by atoms with Crippen LogP contribution in [0.5, 0.6) is 0 Å². The number of ether oxygens (including phenoxy) is 1. The predicted octanol–water partition coefficient (Wildman–Crippen LogP) is 1.82. The molecule has 0 saturated heterocycles. The van der Waals surface area contributed by atoms with Crippen LogP contribution < -0.4 is 0 Å². The van der Waals surface area contributed by atoms with Crippen molar-refractivity contribution in [3.05, 3.63) is 0 Å². The van der Waals surface area contributed by atoms with Gasteiger partial charge in [-0.15, -0.1) is 0 Å². The van der Waals surface area contributed by atoms with Crippen LogP contribution in [0.4, 0.5) is 0 Å². The fourth-order valence-corrected chi connectivity index (χ4v) is 1.38. The predicted molar refractivity (Wildman–Crippen MR) is 55.4 cm³/mol. The molecule has 0 rings (SSSR count). The third-order valence-electron chi connectivity index (χ3n) is 1.77. The summed E-state index contributed by atoms with van der Waals surface area (Å²) >= 11 is 3.27. The number of rotatable bonds is 7. The van der Waals surface area contributed by atoms with Crippen molar-refractivity contribution in [2.45, 2.75) is 26.2 Å². The molecule has 0 aliphatic rings. The molecule has 0 aliphatic carbocycles. The van der Waals surface area contributed by atoms with Crippen LogP contribution >= 0.6 is 15.9 Å². The van der Waals surface area contributed by atoms with Gasteiger partial charge in [-0.25, -0.2) is 0 Å². The maximum absolute atomic E-state index is 10.7. The number of alkyl halides is 1. The third kappa shape index (κ3) is 6.88. The van der Waals surface area contributed by atoms with Gasteiger partial charge in [0.25, 0.3) is 0 Å². The topological polar surface area (TPSA) is 63.6 Å². The van der Waals surface area contributed by atoms with Crippen molar-refractivity contribution in [3.63, 3.8) is 0 Å². The van der Waals surface area contributed by atoms with Crippen molar-refractivity contribution >= 4 is 27.9 Å². The lowest BCUT2D eigenvalue weighted by Gasteiger charge is -2.11. The average Bonchev–Trinajstić information content (AvgIpc) is 2.10. The molecule has 0 aromatic carbocycles. The fraction of sp³-hybridized carbons (Fsp3) is 0.778. The van der Waals surface area contributed by atoms with Crippen LogP contribution in [0.25, 0.3) is 0 Å². The summed E-state index contributed by atoms with van der Waals surface area (Å²) in [6.07, 6.45) is 2.31. The van der Waals surface area contributed by atoms with Crippen LogP contribution in [0.2, 0.25) is 0 Å². The highest BCUT2D eigenvalue weighted by molar-refractivity contribution is 9.09. The number of aliphatic carboxylic acids is 1. The molecule has 0 spiro atoms. The first kappa shape index (κ1) is 13.4. The third-order valence-corrected chi connectivity index (χ3v) is 2.33. The van der Waals surface area contributed by atoms with Gasteiger partial charge in [-0.2, -0.15) is 0 Å². The van der Waals surface area contributed by atoms with Crippen molar-refractivity contribution in [1.29, 1.82) is 0 Å². The molecule has 14 heavy (non-hydrogen) atoms. The molecule has 5 heteroatoms. The summed E-state index contributed by atoms with van der Waals surface area (Å²) in [5, 5.41) is 9.65. The lowest BCUT2D eigenvalue weighted by atomic mass is 10.0. The van der Waals surface area contributed by atoms with E-state index >= 15 is 0 Å². The number of carboxylic acid groups (broad SMARTS) is 1. The molecule has 0 heterocycles. The summed E-state index contributed by atoms with van der Waals surface area (Å²) in [5.74, 6) is -1.91. The molecule has 0 aromatic heterocycles. The number of esters is 1. The number of carbonyl (C=O) groups excluding carboxylic acids is 1. The highest BCUT2D eigenvalue weighted by Crippen LogP contribution is 2.10. The SMILES string of the molecule is CC(=O)OCC(CCCCBr)C(=O)O. The minimum absolute atomic E-state index is 0.0209. The Morgan fingerprint density at radius 3 is 2.50 bits per heavy atom. The lowest BCUT2D eigenvalue weighted by Crippen LogP contribution is -2.21. The average molecular weight is 267 g/mol. The van der Waals surface area contributed by atoms with E-state index in [1.807, 2.05) is 0 Å². The largest absolute Gasteiger partial charge is 0.481 e. The zero-order chi connectivity index (χ0) is 11.0. The van der Waals surface area contributed by atoms with Crippen molar-refractivity contribution in [3.8, 4) is 0 Å². The molecule has 82 valence electrons. The van der Waals surface area contributed by atoms with E-state index in [2.05, 4.69) is 20.7 Å². The van der Waals surface area contributed by atoms with Gasteiger partial charge in [-0.05, 0) is 12.8 Å². The van der Waals surface area contributed by atoms with E-state index < -0.39 is 17.9 Å². The molecule has 0 bridgehead atoms. The zero-order valence-corrected chi connectivity index (χ0v) is 9.75. The molecule has 0 aromatic rings.